The zero-order valence-electron chi connectivity index (χ0n) is 14.4. The van der Waals surface area contributed by atoms with E-state index in [0.29, 0.717) is 11.5 Å². The van der Waals surface area contributed by atoms with Crippen LogP contribution in [0.4, 0.5) is 0 Å². The molecule has 0 spiro atoms. The molecule has 128 valence electrons. The van der Waals surface area contributed by atoms with E-state index in [-0.39, 0.29) is 5.91 Å². The van der Waals surface area contributed by atoms with Crippen molar-refractivity contribution >= 4 is 5.91 Å². The first kappa shape index (κ1) is 16.6. The van der Waals surface area contributed by atoms with Crippen LogP contribution in [0, 0.1) is 13.8 Å². The van der Waals surface area contributed by atoms with Gasteiger partial charge in [0.15, 0.2) is 5.69 Å². The normalized spacial score (nSPS) is 16.2. The first-order chi connectivity index (χ1) is 11.6. The highest BCUT2D eigenvalue weighted by molar-refractivity contribution is 5.92. The van der Waals surface area contributed by atoms with Crippen molar-refractivity contribution in [2.75, 3.05) is 32.7 Å². The molecule has 0 saturated carbocycles. The fourth-order valence-electron chi connectivity index (χ4n) is 3.04. The topological polar surface area (TPSA) is 62.5 Å². The molecule has 3 heterocycles. The van der Waals surface area contributed by atoms with Gasteiger partial charge in [-0.1, -0.05) is 11.2 Å². The van der Waals surface area contributed by atoms with Gasteiger partial charge in [0.25, 0.3) is 5.91 Å². The van der Waals surface area contributed by atoms with Crippen molar-refractivity contribution in [1.82, 2.24) is 19.9 Å². The lowest BCUT2D eigenvalue weighted by atomic mass is 10.2. The second-order valence-electron chi connectivity index (χ2n) is 6.33. The Labute approximate surface area is 142 Å². The second-order valence-corrected chi connectivity index (χ2v) is 6.33. The average molecular weight is 328 g/mol. The third-order valence-corrected chi connectivity index (χ3v) is 4.35. The van der Waals surface area contributed by atoms with Crippen molar-refractivity contribution in [3.05, 3.63) is 47.1 Å². The molecular formula is C18H24N4O2. The van der Waals surface area contributed by atoms with E-state index in [2.05, 4.69) is 27.2 Å². The number of aromatic nitrogens is 2. The van der Waals surface area contributed by atoms with Crippen LogP contribution in [0.25, 0.3) is 0 Å². The van der Waals surface area contributed by atoms with Crippen molar-refractivity contribution < 1.29 is 9.32 Å². The third kappa shape index (κ3) is 4.20. The van der Waals surface area contributed by atoms with E-state index in [9.17, 15) is 4.79 Å². The van der Waals surface area contributed by atoms with Gasteiger partial charge >= 0.3 is 0 Å². The monoisotopic (exact) mass is 328 g/mol. The van der Waals surface area contributed by atoms with Crippen LogP contribution < -0.4 is 0 Å². The summed E-state index contributed by atoms with van der Waals surface area (Å²) < 4.78 is 5.01. The second kappa shape index (κ2) is 7.57. The van der Waals surface area contributed by atoms with Gasteiger partial charge in [-0.15, -0.1) is 0 Å². The molecule has 0 aromatic carbocycles. The Hall–Kier alpha value is -2.21. The van der Waals surface area contributed by atoms with Gasteiger partial charge in [-0.3, -0.25) is 9.78 Å². The molecule has 6 nitrogen and oxygen atoms in total. The summed E-state index contributed by atoms with van der Waals surface area (Å²) in [6.07, 6.45) is 1.92. The maximum absolute atomic E-state index is 12.5. The summed E-state index contributed by atoms with van der Waals surface area (Å²) in [5, 5.41) is 3.84. The van der Waals surface area contributed by atoms with E-state index in [1.165, 1.54) is 0 Å². The molecule has 0 bridgehead atoms. The zero-order chi connectivity index (χ0) is 16.9. The first-order valence-electron chi connectivity index (χ1n) is 8.49. The fraction of sp³-hybridized carbons (Fsp3) is 0.500. The molecule has 1 saturated heterocycles. The van der Waals surface area contributed by atoms with Gasteiger partial charge in [0.2, 0.25) is 0 Å². The summed E-state index contributed by atoms with van der Waals surface area (Å²) in [5.41, 5.74) is 2.60. The van der Waals surface area contributed by atoms with Crippen molar-refractivity contribution in [1.29, 1.82) is 0 Å². The number of pyridine rings is 1. The standard InChI is InChI=1S/C18H24N4O2/c1-14-5-3-6-16(19-14)7-10-21-8-4-9-22(12-11-21)18(23)17-13-15(2)24-20-17/h3,5-6,13H,4,7-12H2,1-2H3. The quantitative estimate of drug-likeness (QED) is 0.860. The largest absolute Gasteiger partial charge is 0.361 e. The number of nitrogens with zero attached hydrogens (tertiary/aromatic N) is 4. The van der Waals surface area contributed by atoms with E-state index in [0.717, 1.165) is 57.0 Å². The molecule has 0 unspecified atom stereocenters. The lowest BCUT2D eigenvalue weighted by Gasteiger charge is -2.21. The molecule has 1 aliphatic rings. The summed E-state index contributed by atoms with van der Waals surface area (Å²) in [5.74, 6) is 0.634. The van der Waals surface area contributed by atoms with E-state index in [1.54, 1.807) is 13.0 Å². The molecule has 2 aromatic heterocycles. The number of carbonyl (C=O) groups excluding carboxylic acids is 1. The molecule has 1 fully saturated rings. The third-order valence-electron chi connectivity index (χ3n) is 4.35. The Morgan fingerprint density at radius 2 is 2.08 bits per heavy atom. The van der Waals surface area contributed by atoms with E-state index in [4.69, 9.17) is 4.52 Å². The van der Waals surface area contributed by atoms with E-state index < -0.39 is 0 Å². The van der Waals surface area contributed by atoms with Crippen LogP contribution in [0.1, 0.15) is 34.1 Å². The first-order valence-corrected chi connectivity index (χ1v) is 8.49. The molecule has 0 N–H and O–H groups in total. The number of aryl methyl sites for hydroxylation is 2. The van der Waals surface area contributed by atoms with Crippen molar-refractivity contribution in [2.45, 2.75) is 26.7 Å². The van der Waals surface area contributed by atoms with Crippen LogP contribution in [0.5, 0.6) is 0 Å². The molecule has 0 radical (unpaired) electrons. The Balaban J connectivity index is 1.52. The van der Waals surface area contributed by atoms with Crippen molar-refractivity contribution in [2.24, 2.45) is 0 Å². The van der Waals surface area contributed by atoms with E-state index in [1.807, 2.05) is 17.9 Å². The Morgan fingerprint density at radius 3 is 2.83 bits per heavy atom. The molecule has 2 aromatic rings. The summed E-state index contributed by atoms with van der Waals surface area (Å²) in [6.45, 7) is 8.18. The Morgan fingerprint density at radius 1 is 1.21 bits per heavy atom. The maximum Gasteiger partial charge on any atom is 0.276 e. The number of carbonyl (C=O) groups is 1. The van der Waals surface area contributed by atoms with E-state index >= 15 is 0 Å². The number of amides is 1. The van der Waals surface area contributed by atoms with Gasteiger partial charge in [0.05, 0.1) is 0 Å². The van der Waals surface area contributed by atoms with Crippen LogP contribution >= 0.6 is 0 Å². The maximum atomic E-state index is 12.5. The molecular weight excluding hydrogens is 304 g/mol. The predicted molar refractivity (Wildman–Crippen MR) is 90.9 cm³/mol. The number of rotatable bonds is 4. The highest BCUT2D eigenvalue weighted by Gasteiger charge is 2.22. The number of hydrogen-bond acceptors (Lipinski definition) is 5. The van der Waals surface area contributed by atoms with Crippen molar-refractivity contribution in [3.8, 4) is 0 Å². The van der Waals surface area contributed by atoms with Gasteiger partial charge in [-0.25, -0.2) is 0 Å². The molecule has 1 amide bonds. The lowest BCUT2D eigenvalue weighted by molar-refractivity contribution is 0.0751. The fourth-order valence-corrected chi connectivity index (χ4v) is 3.04. The van der Waals surface area contributed by atoms with Gasteiger partial charge in [0, 0.05) is 50.1 Å². The SMILES string of the molecule is Cc1cccc(CCN2CCCN(C(=O)c3cc(C)on3)CC2)n1. The van der Waals surface area contributed by atoms with Crippen LogP contribution in [-0.4, -0.2) is 58.6 Å². The van der Waals surface area contributed by atoms with Crippen LogP contribution in [0.3, 0.4) is 0 Å². The van der Waals surface area contributed by atoms with Gasteiger partial charge in [-0.05, 0) is 38.9 Å². The van der Waals surface area contributed by atoms with Gasteiger partial charge < -0.3 is 14.3 Å². The van der Waals surface area contributed by atoms with Gasteiger partial charge in [-0.2, -0.15) is 0 Å². The smallest absolute Gasteiger partial charge is 0.276 e. The summed E-state index contributed by atoms with van der Waals surface area (Å²) >= 11 is 0. The zero-order valence-corrected chi connectivity index (χ0v) is 14.4. The molecule has 1 aliphatic heterocycles. The minimum Gasteiger partial charge on any atom is -0.361 e. The molecule has 24 heavy (non-hydrogen) atoms. The number of hydrogen-bond donors (Lipinski definition) is 0. The molecule has 6 heteroatoms. The summed E-state index contributed by atoms with van der Waals surface area (Å²) in [6, 6.07) is 7.85. The summed E-state index contributed by atoms with van der Waals surface area (Å²) in [7, 11) is 0. The molecule has 3 rings (SSSR count). The van der Waals surface area contributed by atoms with Crippen LogP contribution in [0.15, 0.2) is 28.8 Å². The van der Waals surface area contributed by atoms with Gasteiger partial charge in [0.1, 0.15) is 5.76 Å². The summed E-state index contributed by atoms with van der Waals surface area (Å²) in [4.78, 5) is 21.3. The Kier molecular flexibility index (Phi) is 5.25. The molecule has 0 aliphatic carbocycles. The highest BCUT2D eigenvalue weighted by Crippen LogP contribution is 2.10. The Bertz CT molecular complexity index is 698. The minimum atomic E-state index is -0.0333. The van der Waals surface area contributed by atoms with Crippen LogP contribution in [0.2, 0.25) is 0 Å². The lowest BCUT2D eigenvalue weighted by Crippen LogP contribution is -2.35. The minimum absolute atomic E-state index is 0.0333. The average Bonchev–Trinajstić information content (AvgIpc) is 2.87. The van der Waals surface area contributed by atoms with Crippen molar-refractivity contribution in [3.63, 3.8) is 0 Å². The van der Waals surface area contributed by atoms with Crippen LogP contribution in [-0.2, 0) is 6.42 Å². The predicted octanol–water partition coefficient (Wildman–Crippen LogP) is 2.08. The molecule has 0 atom stereocenters. The highest BCUT2D eigenvalue weighted by atomic mass is 16.5.